The number of para-hydroxylation sites is 1. The van der Waals surface area contributed by atoms with E-state index >= 15 is 0 Å². The fourth-order valence-corrected chi connectivity index (χ4v) is 3.08. The molecule has 2 N–H and O–H groups in total. The van der Waals surface area contributed by atoms with Crippen molar-refractivity contribution in [3.05, 3.63) is 30.3 Å². The molecule has 1 aromatic carbocycles. The monoisotopic (exact) mass is 373 g/mol. The maximum absolute atomic E-state index is 12.5. The Morgan fingerprint density at radius 3 is 2.44 bits per heavy atom. The van der Waals surface area contributed by atoms with Crippen LogP contribution in [-0.2, 0) is 4.79 Å². The number of benzene rings is 1. The molecule has 1 amide bonds. The van der Waals surface area contributed by atoms with E-state index in [2.05, 4.69) is 65.6 Å². The molecule has 1 heterocycles. The molecule has 1 aliphatic rings. The summed E-state index contributed by atoms with van der Waals surface area (Å²) in [6, 6.07) is 10.4. The molecule has 0 unspecified atom stereocenters. The number of carbonyl (C=O) groups excluding carboxylic acids is 1. The van der Waals surface area contributed by atoms with Crippen LogP contribution in [0.5, 0.6) is 0 Å². The van der Waals surface area contributed by atoms with E-state index in [-0.39, 0.29) is 5.91 Å². The zero-order valence-electron chi connectivity index (χ0n) is 17.1. The number of anilines is 1. The summed E-state index contributed by atoms with van der Waals surface area (Å²) in [6.07, 6.45) is 1.57. The molecule has 0 aromatic heterocycles. The summed E-state index contributed by atoms with van der Waals surface area (Å²) in [7, 11) is 0. The summed E-state index contributed by atoms with van der Waals surface area (Å²) < 4.78 is 0. The van der Waals surface area contributed by atoms with Gasteiger partial charge in [-0.1, -0.05) is 32.0 Å². The van der Waals surface area contributed by atoms with Crippen molar-refractivity contribution in [2.24, 2.45) is 10.9 Å². The highest BCUT2D eigenvalue weighted by atomic mass is 16.2. The van der Waals surface area contributed by atoms with Gasteiger partial charge in [-0.05, 0) is 31.4 Å². The molecule has 0 atom stereocenters. The van der Waals surface area contributed by atoms with Gasteiger partial charge in [-0.2, -0.15) is 0 Å². The van der Waals surface area contributed by atoms with Crippen LogP contribution in [0.3, 0.4) is 0 Å². The van der Waals surface area contributed by atoms with Crippen LogP contribution in [0.1, 0.15) is 33.6 Å². The second kappa shape index (κ2) is 11.5. The predicted molar refractivity (Wildman–Crippen MR) is 113 cm³/mol. The second-order valence-corrected chi connectivity index (χ2v) is 7.32. The lowest BCUT2D eigenvalue weighted by molar-refractivity contribution is -0.131. The van der Waals surface area contributed by atoms with Crippen molar-refractivity contribution in [2.75, 3.05) is 50.7 Å². The quantitative estimate of drug-likeness (QED) is 0.542. The van der Waals surface area contributed by atoms with Crippen LogP contribution in [0.25, 0.3) is 0 Å². The summed E-state index contributed by atoms with van der Waals surface area (Å²) >= 11 is 0. The maximum atomic E-state index is 12.5. The van der Waals surface area contributed by atoms with Gasteiger partial charge in [0.15, 0.2) is 5.96 Å². The molecule has 0 spiro atoms. The summed E-state index contributed by atoms with van der Waals surface area (Å²) in [5.41, 5.74) is 1.24. The summed E-state index contributed by atoms with van der Waals surface area (Å²) in [5, 5.41) is 6.52. The first kappa shape index (κ1) is 21.1. The summed E-state index contributed by atoms with van der Waals surface area (Å²) in [4.78, 5) is 21.4. The number of hydrogen-bond donors (Lipinski definition) is 2. The van der Waals surface area contributed by atoms with Gasteiger partial charge in [-0.25, -0.2) is 0 Å². The predicted octanol–water partition coefficient (Wildman–Crippen LogP) is 2.33. The lowest BCUT2D eigenvalue weighted by Gasteiger charge is -2.36. The van der Waals surface area contributed by atoms with Crippen molar-refractivity contribution in [2.45, 2.75) is 33.6 Å². The van der Waals surface area contributed by atoms with Crippen LogP contribution < -0.4 is 15.5 Å². The number of carbonyl (C=O) groups is 1. The zero-order chi connectivity index (χ0) is 19.5. The van der Waals surface area contributed by atoms with Gasteiger partial charge in [-0.3, -0.25) is 9.79 Å². The lowest BCUT2D eigenvalue weighted by atomic mass is 10.1. The van der Waals surface area contributed by atoms with Gasteiger partial charge in [0, 0.05) is 57.9 Å². The Bertz CT molecular complexity index is 579. The molecule has 6 nitrogen and oxygen atoms in total. The Labute approximate surface area is 164 Å². The highest BCUT2D eigenvalue weighted by Gasteiger charge is 2.20. The highest BCUT2D eigenvalue weighted by Crippen LogP contribution is 2.15. The van der Waals surface area contributed by atoms with Crippen LogP contribution in [0.4, 0.5) is 5.69 Å². The molecule has 0 radical (unpaired) electrons. The second-order valence-electron chi connectivity index (χ2n) is 7.32. The van der Waals surface area contributed by atoms with Gasteiger partial charge in [0.2, 0.25) is 5.91 Å². The van der Waals surface area contributed by atoms with Crippen molar-refractivity contribution >= 4 is 17.6 Å². The first-order valence-corrected chi connectivity index (χ1v) is 10.2. The van der Waals surface area contributed by atoms with Gasteiger partial charge >= 0.3 is 0 Å². The minimum absolute atomic E-state index is 0.216. The van der Waals surface area contributed by atoms with Gasteiger partial charge in [0.05, 0.1) is 0 Å². The van der Waals surface area contributed by atoms with Crippen LogP contribution in [0.2, 0.25) is 0 Å². The number of nitrogens with one attached hydrogen (secondary N) is 2. The third kappa shape index (κ3) is 7.49. The van der Waals surface area contributed by atoms with Crippen molar-refractivity contribution in [1.29, 1.82) is 0 Å². The van der Waals surface area contributed by atoms with Crippen molar-refractivity contribution in [3.63, 3.8) is 0 Å². The van der Waals surface area contributed by atoms with E-state index in [1.807, 2.05) is 11.0 Å². The molecule has 1 aliphatic heterocycles. The molecule has 1 saturated heterocycles. The number of aliphatic imine (C=N–C) groups is 1. The first-order valence-electron chi connectivity index (χ1n) is 10.2. The van der Waals surface area contributed by atoms with Crippen LogP contribution in [0, 0.1) is 5.92 Å². The minimum Gasteiger partial charge on any atom is -0.368 e. The number of amides is 1. The largest absolute Gasteiger partial charge is 0.368 e. The van der Waals surface area contributed by atoms with E-state index in [1.165, 1.54) is 5.69 Å². The number of rotatable bonds is 8. The zero-order valence-corrected chi connectivity index (χ0v) is 17.1. The number of piperazine rings is 1. The van der Waals surface area contributed by atoms with Crippen molar-refractivity contribution < 1.29 is 4.79 Å². The number of hydrogen-bond acceptors (Lipinski definition) is 3. The van der Waals surface area contributed by atoms with Gasteiger partial charge < -0.3 is 20.4 Å². The Balaban J connectivity index is 1.70. The Hall–Kier alpha value is -2.24. The molecule has 1 fully saturated rings. The fourth-order valence-electron chi connectivity index (χ4n) is 3.08. The van der Waals surface area contributed by atoms with E-state index in [0.717, 1.165) is 51.6 Å². The molecular weight excluding hydrogens is 338 g/mol. The topological polar surface area (TPSA) is 60.0 Å². The third-order valence-corrected chi connectivity index (χ3v) is 4.71. The van der Waals surface area contributed by atoms with E-state index in [1.54, 1.807) is 0 Å². The fraction of sp³-hybridized carbons (Fsp3) is 0.619. The van der Waals surface area contributed by atoms with Crippen LogP contribution in [-0.4, -0.2) is 62.6 Å². The smallest absolute Gasteiger partial charge is 0.224 e. The van der Waals surface area contributed by atoms with Crippen molar-refractivity contribution in [3.8, 4) is 0 Å². The molecule has 0 saturated carbocycles. The molecule has 150 valence electrons. The molecule has 6 heteroatoms. The van der Waals surface area contributed by atoms with E-state index in [9.17, 15) is 4.79 Å². The molecule has 1 aromatic rings. The normalized spacial score (nSPS) is 15.2. The average Bonchev–Trinajstić information content (AvgIpc) is 2.68. The van der Waals surface area contributed by atoms with Gasteiger partial charge in [0.1, 0.15) is 0 Å². The summed E-state index contributed by atoms with van der Waals surface area (Å²) in [6.45, 7) is 12.1. The molecule has 0 bridgehead atoms. The maximum Gasteiger partial charge on any atom is 0.224 e. The molecular formula is C21H35N5O. The SMILES string of the molecule is CCNC(=NCCC(C)C)NCCC(=O)N1CCN(c2ccccc2)CC1. The molecule has 2 rings (SSSR count). The number of nitrogens with zero attached hydrogens (tertiary/aromatic N) is 3. The first-order chi connectivity index (χ1) is 13.1. The van der Waals surface area contributed by atoms with Crippen LogP contribution in [0.15, 0.2) is 35.3 Å². The Morgan fingerprint density at radius 2 is 1.81 bits per heavy atom. The lowest BCUT2D eigenvalue weighted by Crippen LogP contribution is -2.49. The van der Waals surface area contributed by atoms with Crippen LogP contribution >= 0.6 is 0 Å². The van der Waals surface area contributed by atoms with Gasteiger partial charge in [0.25, 0.3) is 0 Å². The highest BCUT2D eigenvalue weighted by molar-refractivity contribution is 5.81. The third-order valence-electron chi connectivity index (χ3n) is 4.71. The van der Waals surface area contributed by atoms with Gasteiger partial charge in [-0.15, -0.1) is 0 Å². The number of guanidine groups is 1. The van der Waals surface area contributed by atoms with E-state index < -0.39 is 0 Å². The van der Waals surface area contributed by atoms with Crippen molar-refractivity contribution in [1.82, 2.24) is 15.5 Å². The molecule has 27 heavy (non-hydrogen) atoms. The summed E-state index contributed by atoms with van der Waals surface area (Å²) in [5.74, 6) is 1.67. The Kier molecular flexibility index (Phi) is 8.95. The van der Waals surface area contributed by atoms with E-state index in [0.29, 0.717) is 18.9 Å². The van der Waals surface area contributed by atoms with E-state index in [4.69, 9.17) is 0 Å². The molecule has 0 aliphatic carbocycles. The average molecular weight is 374 g/mol. The Morgan fingerprint density at radius 1 is 1.11 bits per heavy atom. The standard InChI is InChI=1S/C21H35N5O/c1-4-22-21(23-12-10-18(2)3)24-13-11-20(27)26-16-14-25(15-17-26)19-8-6-5-7-9-19/h5-9,18H,4,10-17H2,1-3H3,(H2,22,23,24). The minimum atomic E-state index is 0.216.